The Labute approximate surface area is 88.0 Å². The molecule has 1 aromatic rings. The minimum Gasteiger partial charge on any atom is -0.358 e. The molecule has 1 fully saturated rings. The summed E-state index contributed by atoms with van der Waals surface area (Å²) in [5, 5.41) is 0. The number of Topliss-reactive ketones (excluding diaryl/α,β-unsaturated/α-hetero) is 1. The molecule has 0 radical (unpaired) electrons. The van der Waals surface area contributed by atoms with E-state index in [1.807, 2.05) is 4.90 Å². The number of hydrogen-bond acceptors (Lipinski definition) is 2. The average molecular weight is 205 g/mol. The monoisotopic (exact) mass is 205 g/mol. The van der Waals surface area contributed by atoms with Crippen molar-refractivity contribution >= 4 is 11.5 Å². The second-order valence-corrected chi connectivity index (χ2v) is 3.57. The zero-order valence-electron chi connectivity index (χ0n) is 8.32. The van der Waals surface area contributed by atoms with E-state index in [2.05, 4.69) is 6.58 Å². The highest BCUT2D eigenvalue weighted by Crippen LogP contribution is 2.23. The van der Waals surface area contributed by atoms with Crippen molar-refractivity contribution in [2.24, 2.45) is 0 Å². The van der Waals surface area contributed by atoms with E-state index in [0.29, 0.717) is 13.0 Å². The second kappa shape index (κ2) is 3.85. The standard InChI is InChI=1S/C12H12FNO/c1-2-11-12(15)7-8-14(11)10-5-3-9(13)4-6-10/h2-6,11H,1,7-8H2. The van der Waals surface area contributed by atoms with E-state index in [1.165, 1.54) is 12.1 Å². The van der Waals surface area contributed by atoms with Crippen molar-refractivity contribution in [2.75, 3.05) is 11.4 Å². The van der Waals surface area contributed by atoms with Gasteiger partial charge in [-0.2, -0.15) is 0 Å². The zero-order chi connectivity index (χ0) is 10.8. The molecule has 1 heterocycles. The normalized spacial score (nSPS) is 20.7. The van der Waals surface area contributed by atoms with Gasteiger partial charge >= 0.3 is 0 Å². The summed E-state index contributed by atoms with van der Waals surface area (Å²) in [7, 11) is 0. The molecule has 0 aromatic heterocycles. The van der Waals surface area contributed by atoms with Crippen molar-refractivity contribution in [3.63, 3.8) is 0 Å². The molecule has 1 saturated heterocycles. The molecule has 0 bridgehead atoms. The molecule has 0 spiro atoms. The number of anilines is 1. The minimum atomic E-state index is -0.264. The third kappa shape index (κ3) is 1.77. The van der Waals surface area contributed by atoms with Gasteiger partial charge in [-0.05, 0) is 24.3 Å². The lowest BCUT2D eigenvalue weighted by Crippen LogP contribution is -2.30. The highest BCUT2D eigenvalue weighted by Gasteiger charge is 2.29. The highest BCUT2D eigenvalue weighted by atomic mass is 19.1. The van der Waals surface area contributed by atoms with Crippen molar-refractivity contribution in [3.05, 3.63) is 42.7 Å². The van der Waals surface area contributed by atoms with Gasteiger partial charge in [0.1, 0.15) is 11.9 Å². The summed E-state index contributed by atoms with van der Waals surface area (Å²) in [6.07, 6.45) is 2.17. The molecule has 78 valence electrons. The molecule has 3 heteroatoms. The van der Waals surface area contributed by atoms with E-state index >= 15 is 0 Å². The maximum absolute atomic E-state index is 12.7. The van der Waals surface area contributed by atoms with Crippen LogP contribution in [0.5, 0.6) is 0 Å². The summed E-state index contributed by atoms with van der Waals surface area (Å²) in [5.74, 6) is -0.0891. The molecule has 1 unspecified atom stereocenters. The summed E-state index contributed by atoms with van der Waals surface area (Å²) in [5.41, 5.74) is 0.868. The van der Waals surface area contributed by atoms with E-state index in [1.54, 1.807) is 18.2 Å². The number of rotatable bonds is 2. The van der Waals surface area contributed by atoms with E-state index in [4.69, 9.17) is 0 Å². The van der Waals surface area contributed by atoms with Crippen molar-refractivity contribution in [2.45, 2.75) is 12.5 Å². The van der Waals surface area contributed by atoms with Gasteiger partial charge in [0.05, 0.1) is 0 Å². The Hall–Kier alpha value is -1.64. The van der Waals surface area contributed by atoms with Crippen LogP contribution in [-0.2, 0) is 4.79 Å². The van der Waals surface area contributed by atoms with Crippen LogP contribution in [0.1, 0.15) is 6.42 Å². The first-order valence-electron chi connectivity index (χ1n) is 4.90. The summed E-state index contributed by atoms with van der Waals surface area (Å²) >= 11 is 0. The van der Waals surface area contributed by atoms with Gasteiger partial charge in [-0.3, -0.25) is 4.79 Å². The third-order valence-corrected chi connectivity index (χ3v) is 2.65. The van der Waals surface area contributed by atoms with E-state index in [9.17, 15) is 9.18 Å². The van der Waals surface area contributed by atoms with Gasteiger partial charge < -0.3 is 4.90 Å². The van der Waals surface area contributed by atoms with Crippen LogP contribution in [0.3, 0.4) is 0 Å². The Morgan fingerprint density at radius 2 is 2.07 bits per heavy atom. The van der Waals surface area contributed by atoms with Gasteiger partial charge in [-0.1, -0.05) is 6.08 Å². The topological polar surface area (TPSA) is 20.3 Å². The van der Waals surface area contributed by atoms with Crippen LogP contribution in [0.2, 0.25) is 0 Å². The molecule has 0 amide bonds. The Kier molecular flexibility index (Phi) is 2.54. The van der Waals surface area contributed by atoms with Crippen LogP contribution in [0.4, 0.5) is 10.1 Å². The fourth-order valence-corrected chi connectivity index (χ4v) is 1.87. The molecule has 15 heavy (non-hydrogen) atoms. The maximum Gasteiger partial charge on any atom is 0.160 e. The predicted molar refractivity (Wildman–Crippen MR) is 57.4 cm³/mol. The van der Waals surface area contributed by atoms with Crippen molar-refractivity contribution < 1.29 is 9.18 Å². The SMILES string of the molecule is C=CC1C(=O)CCN1c1ccc(F)cc1. The third-order valence-electron chi connectivity index (χ3n) is 2.65. The molecule has 2 nitrogen and oxygen atoms in total. The fraction of sp³-hybridized carbons (Fsp3) is 0.250. The number of hydrogen-bond donors (Lipinski definition) is 0. The van der Waals surface area contributed by atoms with Crippen LogP contribution < -0.4 is 4.90 Å². The van der Waals surface area contributed by atoms with E-state index in [-0.39, 0.29) is 17.6 Å². The number of carbonyl (C=O) groups is 1. The molecule has 0 saturated carbocycles. The van der Waals surface area contributed by atoms with Crippen LogP contribution in [0.15, 0.2) is 36.9 Å². The van der Waals surface area contributed by atoms with Crippen molar-refractivity contribution in [1.29, 1.82) is 0 Å². The molecule has 0 aliphatic carbocycles. The van der Waals surface area contributed by atoms with Crippen LogP contribution in [0.25, 0.3) is 0 Å². The van der Waals surface area contributed by atoms with Gasteiger partial charge in [-0.25, -0.2) is 4.39 Å². The molecule has 1 aromatic carbocycles. The zero-order valence-corrected chi connectivity index (χ0v) is 8.32. The lowest BCUT2D eigenvalue weighted by Gasteiger charge is -2.22. The Balaban J connectivity index is 2.27. The first-order valence-corrected chi connectivity index (χ1v) is 4.90. The predicted octanol–water partition coefficient (Wildman–Crippen LogP) is 2.16. The van der Waals surface area contributed by atoms with Crippen LogP contribution in [-0.4, -0.2) is 18.4 Å². The van der Waals surface area contributed by atoms with Gasteiger partial charge in [0.15, 0.2) is 5.78 Å². The Bertz CT molecular complexity index is 385. The number of halogens is 1. The van der Waals surface area contributed by atoms with Crippen molar-refractivity contribution in [3.8, 4) is 0 Å². The van der Waals surface area contributed by atoms with Gasteiger partial charge in [-0.15, -0.1) is 6.58 Å². The molecular formula is C12H12FNO. The highest BCUT2D eigenvalue weighted by molar-refractivity contribution is 5.92. The molecule has 1 aliphatic heterocycles. The number of carbonyl (C=O) groups excluding carboxylic acids is 1. The summed E-state index contributed by atoms with van der Waals surface area (Å²) in [4.78, 5) is 13.4. The summed E-state index contributed by atoms with van der Waals surface area (Å²) < 4.78 is 12.7. The van der Waals surface area contributed by atoms with E-state index < -0.39 is 0 Å². The molecule has 1 aliphatic rings. The first-order chi connectivity index (χ1) is 7.22. The average Bonchev–Trinajstić information content (AvgIpc) is 2.61. The van der Waals surface area contributed by atoms with Gasteiger partial charge in [0.2, 0.25) is 0 Å². The fourth-order valence-electron chi connectivity index (χ4n) is 1.87. The number of nitrogens with zero attached hydrogens (tertiary/aromatic N) is 1. The Morgan fingerprint density at radius 1 is 1.40 bits per heavy atom. The molecule has 1 atom stereocenters. The largest absolute Gasteiger partial charge is 0.358 e. The quantitative estimate of drug-likeness (QED) is 0.689. The smallest absolute Gasteiger partial charge is 0.160 e. The minimum absolute atomic E-state index is 0.175. The summed E-state index contributed by atoms with van der Waals surface area (Å²) in [6.45, 7) is 4.33. The lowest BCUT2D eigenvalue weighted by molar-refractivity contribution is -0.117. The molecular weight excluding hydrogens is 193 g/mol. The van der Waals surface area contributed by atoms with Gasteiger partial charge in [0, 0.05) is 18.7 Å². The molecule has 2 rings (SSSR count). The number of ketones is 1. The summed E-state index contributed by atoms with van der Waals surface area (Å²) in [6, 6.07) is 5.92. The van der Waals surface area contributed by atoms with Gasteiger partial charge in [0.25, 0.3) is 0 Å². The second-order valence-electron chi connectivity index (χ2n) is 3.57. The van der Waals surface area contributed by atoms with Crippen LogP contribution in [0, 0.1) is 5.82 Å². The number of benzene rings is 1. The maximum atomic E-state index is 12.7. The van der Waals surface area contributed by atoms with Crippen LogP contribution >= 0.6 is 0 Å². The lowest BCUT2D eigenvalue weighted by atomic mass is 10.2. The Morgan fingerprint density at radius 3 is 2.67 bits per heavy atom. The van der Waals surface area contributed by atoms with Crippen molar-refractivity contribution in [1.82, 2.24) is 0 Å². The first kappa shape index (κ1) is 9.90. The molecule has 0 N–H and O–H groups in total. The van der Waals surface area contributed by atoms with E-state index in [0.717, 1.165) is 5.69 Å².